The van der Waals surface area contributed by atoms with Gasteiger partial charge in [0.15, 0.2) is 17.3 Å². The highest BCUT2D eigenvalue weighted by Crippen LogP contribution is 2.47. The Morgan fingerprint density at radius 1 is 0.967 bits per heavy atom. The first-order valence-electron chi connectivity index (χ1n) is 10.3. The van der Waals surface area contributed by atoms with Gasteiger partial charge in [0.2, 0.25) is 5.91 Å². The summed E-state index contributed by atoms with van der Waals surface area (Å²) in [6.07, 6.45) is 2.20. The molecule has 0 N–H and O–H groups in total. The minimum Gasteiger partial charge on any atom is -0.493 e. The average Bonchev–Trinajstić information content (AvgIpc) is 2.71. The summed E-state index contributed by atoms with van der Waals surface area (Å²) in [6.45, 7) is 4.05. The highest BCUT2D eigenvalue weighted by Gasteiger charge is 2.41. The lowest BCUT2D eigenvalue weighted by Crippen LogP contribution is -2.40. The Labute approximate surface area is 177 Å². The van der Waals surface area contributed by atoms with E-state index >= 15 is 0 Å². The number of rotatable bonds is 4. The van der Waals surface area contributed by atoms with Gasteiger partial charge in [-0.2, -0.15) is 0 Å². The molecule has 2 aliphatic rings. The molecule has 5 nitrogen and oxygen atoms in total. The lowest BCUT2D eigenvalue weighted by atomic mass is 9.76. The number of amides is 1. The lowest BCUT2D eigenvalue weighted by molar-refractivity contribution is -0.119. The van der Waals surface area contributed by atoms with Crippen molar-refractivity contribution in [1.82, 2.24) is 0 Å². The summed E-state index contributed by atoms with van der Waals surface area (Å²) in [5.74, 6) is 0.983. The van der Waals surface area contributed by atoms with Crippen molar-refractivity contribution < 1.29 is 19.1 Å². The number of methoxy groups -OCH3 is 2. The molecule has 5 heteroatoms. The molecule has 0 fully saturated rings. The van der Waals surface area contributed by atoms with Crippen molar-refractivity contribution >= 4 is 17.4 Å². The van der Waals surface area contributed by atoms with Gasteiger partial charge in [-0.1, -0.05) is 18.2 Å². The quantitative estimate of drug-likeness (QED) is 0.730. The van der Waals surface area contributed by atoms with Crippen molar-refractivity contribution in [2.45, 2.75) is 45.4 Å². The maximum Gasteiger partial charge on any atom is 0.232 e. The predicted molar refractivity (Wildman–Crippen MR) is 116 cm³/mol. The Balaban J connectivity index is 1.91. The van der Waals surface area contributed by atoms with Crippen LogP contribution in [-0.4, -0.2) is 25.9 Å². The number of hydrogen-bond donors (Lipinski definition) is 0. The van der Waals surface area contributed by atoms with Crippen LogP contribution in [0.3, 0.4) is 0 Å². The lowest BCUT2D eigenvalue weighted by Gasteiger charge is -2.39. The second-order valence-electron chi connectivity index (χ2n) is 8.05. The van der Waals surface area contributed by atoms with Gasteiger partial charge in [0.05, 0.1) is 14.2 Å². The molecule has 0 bridgehead atoms. The van der Waals surface area contributed by atoms with Crippen LogP contribution >= 0.6 is 0 Å². The van der Waals surface area contributed by atoms with Gasteiger partial charge in [0.25, 0.3) is 0 Å². The molecular weight excluding hydrogens is 378 g/mol. The monoisotopic (exact) mass is 405 g/mol. The standard InChI is InChI=1S/C25H27NO4/c1-15-11-16(2)13-17(12-15)26-20-8-6-9-21(27)24(20)19(14-23(26)28)18-7-5-10-22(29-3)25(18)30-4/h5,7,10-13,19H,6,8-9,14H2,1-4H3/t19-/m0/s1. The highest BCUT2D eigenvalue weighted by molar-refractivity contribution is 6.07. The summed E-state index contributed by atoms with van der Waals surface area (Å²) in [5, 5.41) is 0. The number of aryl methyl sites for hydroxylation is 2. The van der Waals surface area contributed by atoms with E-state index in [0.29, 0.717) is 24.3 Å². The van der Waals surface area contributed by atoms with Gasteiger partial charge in [0.1, 0.15) is 0 Å². The number of benzene rings is 2. The summed E-state index contributed by atoms with van der Waals surface area (Å²) in [6, 6.07) is 11.8. The molecule has 0 aromatic heterocycles. The zero-order valence-corrected chi connectivity index (χ0v) is 18.0. The molecular formula is C25H27NO4. The van der Waals surface area contributed by atoms with E-state index in [0.717, 1.165) is 40.1 Å². The third-order valence-electron chi connectivity index (χ3n) is 5.95. The molecule has 2 aromatic rings. The third-order valence-corrected chi connectivity index (χ3v) is 5.95. The van der Waals surface area contributed by atoms with E-state index < -0.39 is 0 Å². The van der Waals surface area contributed by atoms with Gasteiger partial charge in [-0.15, -0.1) is 0 Å². The van der Waals surface area contributed by atoms with Gasteiger partial charge in [0, 0.05) is 41.3 Å². The predicted octanol–water partition coefficient (Wildman–Crippen LogP) is 4.85. The fraction of sp³-hybridized carbons (Fsp3) is 0.360. The van der Waals surface area contributed by atoms with Gasteiger partial charge < -0.3 is 9.47 Å². The SMILES string of the molecule is COc1cccc([C@@H]2CC(=O)N(c3cc(C)cc(C)c3)C3=C2C(=O)CCC3)c1OC. The van der Waals surface area contributed by atoms with Gasteiger partial charge in [-0.3, -0.25) is 14.5 Å². The van der Waals surface area contributed by atoms with Crippen molar-refractivity contribution in [3.05, 3.63) is 64.4 Å². The Morgan fingerprint density at radius 3 is 2.37 bits per heavy atom. The minimum atomic E-state index is -0.326. The maximum atomic E-state index is 13.4. The molecule has 0 saturated carbocycles. The molecule has 1 aliphatic carbocycles. The largest absolute Gasteiger partial charge is 0.493 e. The molecule has 0 unspecified atom stereocenters. The Morgan fingerprint density at radius 2 is 1.70 bits per heavy atom. The summed E-state index contributed by atoms with van der Waals surface area (Å²) in [4.78, 5) is 28.3. The molecule has 156 valence electrons. The molecule has 30 heavy (non-hydrogen) atoms. The second kappa shape index (κ2) is 7.98. The number of hydrogen-bond acceptors (Lipinski definition) is 4. The molecule has 1 atom stereocenters. The zero-order chi connectivity index (χ0) is 21.4. The topological polar surface area (TPSA) is 55.8 Å². The molecule has 2 aromatic carbocycles. The normalized spacial score (nSPS) is 19.1. The number of allylic oxidation sites excluding steroid dienone is 2. The fourth-order valence-corrected chi connectivity index (χ4v) is 4.82. The van der Waals surface area contributed by atoms with E-state index in [-0.39, 0.29) is 24.0 Å². The minimum absolute atomic E-state index is 0.00308. The van der Waals surface area contributed by atoms with Crippen LogP contribution < -0.4 is 14.4 Å². The van der Waals surface area contributed by atoms with Gasteiger partial charge in [-0.05, 0) is 56.0 Å². The molecule has 0 spiro atoms. The van der Waals surface area contributed by atoms with Crippen LogP contribution in [0.5, 0.6) is 11.5 Å². The van der Waals surface area contributed by atoms with Crippen molar-refractivity contribution in [1.29, 1.82) is 0 Å². The van der Waals surface area contributed by atoms with Crippen LogP contribution in [0.25, 0.3) is 0 Å². The number of anilines is 1. The van der Waals surface area contributed by atoms with E-state index in [1.54, 1.807) is 19.1 Å². The molecule has 1 heterocycles. The summed E-state index contributed by atoms with van der Waals surface area (Å²) < 4.78 is 11.1. The van der Waals surface area contributed by atoms with Crippen molar-refractivity contribution in [3.63, 3.8) is 0 Å². The number of para-hydroxylation sites is 1. The summed E-state index contributed by atoms with van der Waals surface area (Å²) >= 11 is 0. The van der Waals surface area contributed by atoms with Crippen LogP contribution in [0.1, 0.15) is 48.3 Å². The summed E-state index contributed by atoms with van der Waals surface area (Å²) in [7, 11) is 3.18. The van der Waals surface area contributed by atoms with Crippen LogP contribution in [0.4, 0.5) is 5.69 Å². The van der Waals surface area contributed by atoms with E-state index in [2.05, 4.69) is 6.07 Å². The first-order valence-corrected chi connectivity index (χ1v) is 10.3. The first-order chi connectivity index (χ1) is 14.4. The van der Waals surface area contributed by atoms with E-state index in [9.17, 15) is 9.59 Å². The van der Waals surface area contributed by atoms with Crippen molar-refractivity contribution in [3.8, 4) is 11.5 Å². The van der Waals surface area contributed by atoms with Crippen LogP contribution in [-0.2, 0) is 9.59 Å². The Hall–Kier alpha value is -3.08. The highest BCUT2D eigenvalue weighted by atomic mass is 16.5. The molecule has 0 radical (unpaired) electrons. The van der Waals surface area contributed by atoms with Gasteiger partial charge in [-0.25, -0.2) is 0 Å². The molecule has 1 amide bonds. The number of ketones is 1. The molecule has 1 aliphatic heterocycles. The van der Waals surface area contributed by atoms with Crippen molar-refractivity contribution in [2.75, 3.05) is 19.1 Å². The number of Topliss-reactive ketones (excluding diaryl/α,β-unsaturated/α-hetero) is 1. The summed E-state index contributed by atoms with van der Waals surface area (Å²) in [5.41, 5.74) is 5.44. The second-order valence-corrected chi connectivity index (χ2v) is 8.05. The first kappa shape index (κ1) is 20.2. The van der Waals surface area contributed by atoms with Crippen LogP contribution in [0.15, 0.2) is 47.7 Å². The van der Waals surface area contributed by atoms with E-state index in [1.165, 1.54) is 0 Å². The van der Waals surface area contributed by atoms with E-state index in [4.69, 9.17) is 9.47 Å². The molecule has 4 rings (SSSR count). The fourth-order valence-electron chi connectivity index (χ4n) is 4.82. The van der Waals surface area contributed by atoms with Crippen LogP contribution in [0.2, 0.25) is 0 Å². The Bertz CT molecular complexity index is 1030. The number of nitrogens with zero attached hydrogens (tertiary/aromatic N) is 1. The van der Waals surface area contributed by atoms with Crippen LogP contribution in [0, 0.1) is 13.8 Å². The zero-order valence-electron chi connectivity index (χ0n) is 18.0. The van der Waals surface area contributed by atoms with Crippen molar-refractivity contribution in [2.24, 2.45) is 0 Å². The Kier molecular flexibility index (Phi) is 5.37. The number of carbonyl (C=O) groups is 2. The van der Waals surface area contributed by atoms with E-state index in [1.807, 2.05) is 44.2 Å². The maximum absolute atomic E-state index is 13.4. The third kappa shape index (κ3) is 3.38. The number of ether oxygens (including phenoxy) is 2. The van der Waals surface area contributed by atoms with Gasteiger partial charge >= 0.3 is 0 Å². The molecule has 0 saturated heterocycles. The smallest absolute Gasteiger partial charge is 0.232 e. The average molecular weight is 405 g/mol. The number of carbonyl (C=O) groups excluding carboxylic acids is 2.